The van der Waals surface area contributed by atoms with Gasteiger partial charge in [0.2, 0.25) is 11.8 Å². The minimum atomic E-state index is -1.09. The van der Waals surface area contributed by atoms with Crippen molar-refractivity contribution in [1.29, 1.82) is 0 Å². The van der Waals surface area contributed by atoms with Crippen LogP contribution >= 0.6 is 0 Å². The van der Waals surface area contributed by atoms with Crippen molar-refractivity contribution in [2.24, 2.45) is 5.41 Å². The van der Waals surface area contributed by atoms with Gasteiger partial charge in [0.15, 0.2) is 0 Å². The molecule has 102 valence electrons. The average Bonchev–Trinajstić information content (AvgIpc) is 2.73. The smallest absolute Gasteiger partial charge is 0.339 e. The Hall–Kier alpha value is -2.11. The van der Waals surface area contributed by atoms with Crippen LogP contribution in [0.3, 0.4) is 0 Å². The quantitative estimate of drug-likeness (QED) is 0.838. The van der Waals surface area contributed by atoms with Gasteiger partial charge in [0.1, 0.15) is 17.1 Å². The summed E-state index contributed by atoms with van der Waals surface area (Å²) in [7, 11) is 0. The molecule has 1 aliphatic rings. The minimum absolute atomic E-state index is 0.0186. The van der Waals surface area contributed by atoms with Gasteiger partial charge >= 0.3 is 5.97 Å². The van der Waals surface area contributed by atoms with Crippen LogP contribution in [0.15, 0.2) is 10.5 Å². The van der Waals surface area contributed by atoms with E-state index in [1.807, 2.05) is 0 Å². The highest BCUT2D eigenvalue weighted by Gasteiger charge is 2.44. The standard InChI is InChI=1S/C13H15NO5/c1-7-9(11(16)17)4-8(19-7)6-14-10(15)5-13(2,3)12(14)18/h4H,5-6H2,1-3H3,(H,16,17). The van der Waals surface area contributed by atoms with Crippen LogP contribution in [0.5, 0.6) is 0 Å². The van der Waals surface area contributed by atoms with E-state index in [1.165, 1.54) is 13.0 Å². The number of hydrogen-bond acceptors (Lipinski definition) is 4. The van der Waals surface area contributed by atoms with E-state index >= 15 is 0 Å². The molecule has 6 heteroatoms. The van der Waals surface area contributed by atoms with Crippen LogP contribution in [0.25, 0.3) is 0 Å². The van der Waals surface area contributed by atoms with Gasteiger partial charge in [-0.25, -0.2) is 4.79 Å². The van der Waals surface area contributed by atoms with Crippen LogP contribution in [0.1, 0.15) is 42.1 Å². The molecule has 1 aliphatic heterocycles. The lowest BCUT2D eigenvalue weighted by atomic mass is 9.92. The number of aryl methyl sites for hydroxylation is 1. The van der Waals surface area contributed by atoms with E-state index < -0.39 is 11.4 Å². The minimum Gasteiger partial charge on any atom is -0.478 e. The number of aromatic carboxylic acids is 1. The molecule has 6 nitrogen and oxygen atoms in total. The molecule has 19 heavy (non-hydrogen) atoms. The van der Waals surface area contributed by atoms with E-state index in [-0.39, 0.29) is 36.1 Å². The Bertz CT molecular complexity index is 570. The molecular formula is C13H15NO5. The number of nitrogens with zero attached hydrogens (tertiary/aromatic N) is 1. The number of carbonyl (C=O) groups is 3. The number of carboxylic acid groups (broad SMARTS) is 1. The third-order valence-corrected chi connectivity index (χ3v) is 3.23. The van der Waals surface area contributed by atoms with Gasteiger partial charge in [-0.1, -0.05) is 13.8 Å². The van der Waals surface area contributed by atoms with Gasteiger partial charge in [-0.05, 0) is 13.0 Å². The first kappa shape index (κ1) is 13.3. The molecule has 1 N–H and O–H groups in total. The summed E-state index contributed by atoms with van der Waals surface area (Å²) in [6.07, 6.45) is 0.164. The lowest BCUT2D eigenvalue weighted by molar-refractivity contribution is -0.141. The third kappa shape index (κ3) is 2.25. The highest BCUT2D eigenvalue weighted by molar-refractivity contribution is 6.05. The number of furan rings is 1. The Balaban J connectivity index is 2.23. The number of carbonyl (C=O) groups excluding carboxylic acids is 2. The van der Waals surface area contributed by atoms with E-state index in [1.54, 1.807) is 13.8 Å². The van der Waals surface area contributed by atoms with Gasteiger partial charge < -0.3 is 9.52 Å². The Morgan fingerprint density at radius 2 is 2.11 bits per heavy atom. The molecule has 1 fully saturated rings. The molecule has 0 aromatic carbocycles. The molecule has 0 radical (unpaired) electrons. The zero-order chi connectivity index (χ0) is 14.4. The monoisotopic (exact) mass is 265 g/mol. The van der Waals surface area contributed by atoms with Gasteiger partial charge in [-0.3, -0.25) is 14.5 Å². The first-order valence-corrected chi connectivity index (χ1v) is 5.90. The molecule has 0 atom stereocenters. The SMILES string of the molecule is Cc1oc(CN2C(=O)CC(C)(C)C2=O)cc1C(=O)O. The van der Waals surface area contributed by atoms with Gasteiger partial charge in [-0.2, -0.15) is 0 Å². The van der Waals surface area contributed by atoms with Gasteiger partial charge in [0.05, 0.1) is 12.0 Å². The molecule has 1 aromatic rings. The maximum Gasteiger partial charge on any atom is 0.339 e. The lowest BCUT2D eigenvalue weighted by Crippen LogP contribution is -2.32. The van der Waals surface area contributed by atoms with Crippen LogP contribution in [0.4, 0.5) is 0 Å². The predicted molar refractivity (Wildman–Crippen MR) is 64.4 cm³/mol. The van der Waals surface area contributed by atoms with Crippen molar-refractivity contribution < 1.29 is 23.9 Å². The number of rotatable bonds is 3. The van der Waals surface area contributed by atoms with Crippen LogP contribution in [-0.4, -0.2) is 27.8 Å². The van der Waals surface area contributed by atoms with Crippen molar-refractivity contribution in [2.75, 3.05) is 0 Å². The Morgan fingerprint density at radius 3 is 2.53 bits per heavy atom. The van der Waals surface area contributed by atoms with Crippen LogP contribution in [0, 0.1) is 12.3 Å². The second kappa shape index (κ2) is 4.22. The number of hydrogen-bond donors (Lipinski definition) is 1. The summed E-state index contributed by atoms with van der Waals surface area (Å²) in [5.41, 5.74) is -0.651. The number of carboxylic acids is 1. The number of likely N-dealkylation sites (tertiary alicyclic amines) is 1. The Labute approximate surface area is 110 Å². The molecule has 1 aromatic heterocycles. The summed E-state index contributed by atoms with van der Waals surface area (Å²) < 4.78 is 5.28. The molecule has 0 spiro atoms. The zero-order valence-electron chi connectivity index (χ0n) is 11.0. The van der Waals surface area contributed by atoms with E-state index in [4.69, 9.17) is 9.52 Å². The van der Waals surface area contributed by atoms with Crippen molar-refractivity contribution in [3.8, 4) is 0 Å². The molecule has 2 amide bonds. The summed E-state index contributed by atoms with van der Waals surface area (Å²) in [6.45, 7) is 4.94. The van der Waals surface area contributed by atoms with Gasteiger partial charge in [0.25, 0.3) is 0 Å². The zero-order valence-corrected chi connectivity index (χ0v) is 11.0. The summed E-state index contributed by atoms with van der Waals surface area (Å²) in [5.74, 6) is -1.05. The van der Waals surface area contributed by atoms with Crippen molar-refractivity contribution >= 4 is 17.8 Å². The molecule has 1 saturated heterocycles. The highest BCUT2D eigenvalue weighted by atomic mass is 16.4. The first-order valence-electron chi connectivity index (χ1n) is 5.90. The summed E-state index contributed by atoms with van der Waals surface area (Å²) >= 11 is 0. The molecule has 0 bridgehead atoms. The molecule has 2 rings (SSSR count). The summed E-state index contributed by atoms with van der Waals surface area (Å²) in [4.78, 5) is 35.8. The largest absolute Gasteiger partial charge is 0.478 e. The van der Waals surface area contributed by atoms with Crippen molar-refractivity contribution in [3.63, 3.8) is 0 Å². The maximum absolute atomic E-state index is 12.0. The van der Waals surface area contributed by atoms with E-state index in [0.717, 1.165) is 4.90 Å². The van der Waals surface area contributed by atoms with Crippen molar-refractivity contribution in [2.45, 2.75) is 33.7 Å². The molecular weight excluding hydrogens is 250 g/mol. The second-order valence-electron chi connectivity index (χ2n) is 5.33. The Kier molecular flexibility index (Phi) is 2.96. The summed E-state index contributed by atoms with van der Waals surface area (Å²) in [5, 5.41) is 8.92. The van der Waals surface area contributed by atoms with Gasteiger partial charge in [-0.15, -0.1) is 0 Å². The molecule has 0 saturated carbocycles. The topological polar surface area (TPSA) is 87.8 Å². The van der Waals surface area contributed by atoms with Crippen molar-refractivity contribution in [3.05, 3.63) is 23.2 Å². The molecule has 0 aliphatic carbocycles. The van der Waals surface area contributed by atoms with E-state index in [2.05, 4.69) is 0 Å². The van der Waals surface area contributed by atoms with E-state index in [9.17, 15) is 14.4 Å². The van der Waals surface area contributed by atoms with Crippen LogP contribution < -0.4 is 0 Å². The fraction of sp³-hybridized carbons (Fsp3) is 0.462. The predicted octanol–water partition coefficient (Wildman–Crippen LogP) is 1.57. The first-order chi connectivity index (χ1) is 8.72. The normalized spacial score (nSPS) is 18.2. The highest BCUT2D eigenvalue weighted by Crippen LogP contribution is 2.33. The second-order valence-corrected chi connectivity index (χ2v) is 5.33. The molecule has 2 heterocycles. The molecule has 0 unspecified atom stereocenters. The third-order valence-electron chi connectivity index (χ3n) is 3.23. The fourth-order valence-corrected chi connectivity index (χ4v) is 2.18. The summed E-state index contributed by atoms with van der Waals surface area (Å²) in [6, 6.07) is 1.35. The Morgan fingerprint density at radius 1 is 1.47 bits per heavy atom. The van der Waals surface area contributed by atoms with Crippen LogP contribution in [-0.2, 0) is 16.1 Å². The average molecular weight is 265 g/mol. The fourth-order valence-electron chi connectivity index (χ4n) is 2.18. The van der Waals surface area contributed by atoms with Crippen LogP contribution in [0.2, 0.25) is 0 Å². The number of amides is 2. The van der Waals surface area contributed by atoms with Crippen molar-refractivity contribution in [1.82, 2.24) is 4.90 Å². The lowest BCUT2D eigenvalue weighted by Gasteiger charge is -2.16. The van der Waals surface area contributed by atoms with E-state index in [0.29, 0.717) is 5.76 Å². The van der Waals surface area contributed by atoms with Gasteiger partial charge in [0, 0.05) is 6.42 Å². The maximum atomic E-state index is 12.0. The number of imide groups is 1.